The zero-order chi connectivity index (χ0) is 13.8. The highest BCUT2D eigenvalue weighted by atomic mass is 127. The molecule has 100 valence electrons. The van der Waals surface area contributed by atoms with Gasteiger partial charge < -0.3 is 5.32 Å². The summed E-state index contributed by atoms with van der Waals surface area (Å²) >= 11 is 2.29. The minimum absolute atomic E-state index is 0.134. The van der Waals surface area contributed by atoms with Crippen LogP contribution in [-0.4, -0.2) is 7.05 Å². The third kappa shape index (κ3) is 3.76. The van der Waals surface area contributed by atoms with E-state index in [0.29, 0.717) is 5.56 Å². The van der Waals surface area contributed by atoms with Gasteiger partial charge in [-0.25, -0.2) is 4.39 Å². The van der Waals surface area contributed by atoms with Gasteiger partial charge in [0.1, 0.15) is 5.82 Å². The molecular formula is C16H17FIN. The molecule has 0 saturated heterocycles. The lowest BCUT2D eigenvalue weighted by atomic mass is 9.98. The van der Waals surface area contributed by atoms with E-state index < -0.39 is 0 Å². The molecule has 2 aromatic rings. The maximum atomic E-state index is 13.6. The average Bonchev–Trinajstić information content (AvgIpc) is 2.41. The number of hydrogen-bond acceptors (Lipinski definition) is 1. The summed E-state index contributed by atoms with van der Waals surface area (Å²) in [5.74, 6) is -0.139. The van der Waals surface area contributed by atoms with Crippen LogP contribution in [0.25, 0.3) is 0 Å². The predicted octanol–water partition coefficient (Wildman–Crippen LogP) is 4.24. The molecule has 1 nitrogen and oxygen atoms in total. The molecule has 3 heteroatoms. The van der Waals surface area contributed by atoms with Crippen LogP contribution < -0.4 is 5.32 Å². The fourth-order valence-corrected chi connectivity index (χ4v) is 2.43. The third-order valence-electron chi connectivity index (χ3n) is 3.30. The number of aryl methyl sites for hydroxylation is 1. The van der Waals surface area contributed by atoms with E-state index >= 15 is 0 Å². The number of nitrogens with one attached hydrogen (secondary N) is 1. The zero-order valence-electron chi connectivity index (χ0n) is 11.1. The van der Waals surface area contributed by atoms with Gasteiger partial charge in [0, 0.05) is 9.61 Å². The summed E-state index contributed by atoms with van der Waals surface area (Å²) in [5, 5.41) is 3.26. The molecule has 1 atom stereocenters. The van der Waals surface area contributed by atoms with Crippen molar-refractivity contribution in [2.75, 3.05) is 7.05 Å². The second kappa shape index (κ2) is 6.48. The van der Waals surface area contributed by atoms with Crippen LogP contribution in [0.4, 0.5) is 4.39 Å². The highest BCUT2D eigenvalue weighted by molar-refractivity contribution is 14.1. The summed E-state index contributed by atoms with van der Waals surface area (Å²) in [5.41, 5.74) is 2.93. The average molecular weight is 369 g/mol. The van der Waals surface area contributed by atoms with Crippen molar-refractivity contribution >= 4 is 22.6 Å². The monoisotopic (exact) mass is 369 g/mol. The van der Waals surface area contributed by atoms with Gasteiger partial charge in [-0.3, -0.25) is 0 Å². The lowest BCUT2D eigenvalue weighted by Gasteiger charge is -2.17. The Hall–Kier alpha value is -0.940. The first-order valence-corrected chi connectivity index (χ1v) is 7.36. The first-order chi connectivity index (χ1) is 9.10. The van der Waals surface area contributed by atoms with Crippen molar-refractivity contribution in [3.05, 3.63) is 68.5 Å². The lowest BCUT2D eigenvalue weighted by molar-refractivity contribution is 0.574. The number of rotatable bonds is 4. The lowest BCUT2D eigenvalue weighted by Crippen LogP contribution is -2.19. The summed E-state index contributed by atoms with van der Waals surface area (Å²) in [7, 11) is 1.91. The van der Waals surface area contributed by atoms with Crippen LogP contribution in [0.1, 0.15) is 22.7 Å². The second-order valence-electron chi connectivity index (χ2n) is 4.68. The van der Waals surface area contributed by atoms with Crippen LogP contribution in [0.2, 0.25) is 0 Å². The summed E-state index contributed by atoms with van der Waals surface area (Å²) in [4.78, 5) is 0. The van der Waals surface area contributed by atoms with E-state index in [2.05, 4.69) is 52.2 Å². The Bertz CT molecular complexity index is 551. The number of halogens is 2. The van der Waals surface area contributed by atoms with Crippen molar-refractivity contribution in [3.63, 3.8) is 0 Å². The Morgan fingerprint density at radius 1 is 1.16 bits per heavy atom. The van der Waals surface area contributed by atoms with Crippen LogP contribution in [0.3, 0.4) is 0 Å². The fourth-order valence-electron chi connectivity index (χ4n) is 2.07. The Morgan fingerprint density at radius 3 is 2.42 bits per heavy atom. The van der Waals surface area contributed by atoms with Gasteiger partial charge in [0.2, 0.25) is 0 Å². The molecule has 19 heavy (non-hydrogen) atoms. The molecular weight excluding hydrogens is 352 g/mol. The zero-order valence-corrected chi connectivity index (χ0v) is 13.2. The van der Waals surface area contributed by atoms with Gasteiger partial charge in [-0.2, -0.15) is 0 Å². The highest BCUT2D eigenvalue weighted by Gasteiger charge is 2.11. The van der Waals surface area contributed by atoms with Crippen molar-refractivity contribution in [1.82, 2.24) is 5.32 Å². The number of likely N-dealkylation sites (N-methyl/N-ethyl adjacent to an activating group) is 1. The van der Waals surface area contributed by atoms with Gasteiger partial charge in [0.05, 0.1) is 0 Å². The molecule has 0 saturated carbocycles. The van der Waals surface area contributed by atoms with Crippen molar-refractivity contribution < 1.29 is 4.39 Å². The summed E-state index contributed by atoms with van der Waals surface area (Å²) in [6.07, 6.45) is 0.857. The normalized spacial score (nSPS) is 12.4. The minimum atomic E-state index is -0.139. The molecule has 0 heterocycles. The highest BCUT2D eigenvalue weighted by Crippen LogP contribution is 2.21. The van der Waals surface area contributed by atoms with Crippen LogP contribution in [-0.2, 0) is 6.42 Å². The van der Waals surface area contributed by atoms with Crippen LogP contribution in [0.15, 0.2) is 42.5 Å². The smallest absolute Gasteiger partial charge is 0.126 e. The summed E-state index contributed by atoms with van der Waals surface area (Å²) in [6.45, 7) is 1.78. The molecule has 0 aromatic heterocycles. The van der Waals surface area contributed by atoms with Crippen LogP contribution in [0.5, 0.6) is 0 Å². The second-order valence-corrected chi connectivity index (χ2v) is 5.93. The molecule has 2 rings (SSSR count). The minimum Gasteiger partial charge on any atom is -0.313 e. The third-order valence-corrected chi connectivity index (χ3v) is 4.02. The van der Waals surface area contributed by atoms with Gasteiger partial charge in [0.15, 0.2) is 0 Å². The maximum absolute atomic E-state index is 13.6. The molecule has 1 N–H and O–H groups in total. The Kier molecular flexibility index (Phi) is 4.93. The fraction of sp³-hybridized carbons (Fsp3) is 0.250. The molecule has 0 amide bonds. The van der Waals surface area contributed by atoms with Crippen molar-refractivity contribution in [2.45, 2.75) is 19.4 Å². The van der Waals surface area contributed by atoms with E-state index in [1.54, 1.807) is 13.0 Å². The van der Waals surface area contributed by atoms with E-state index in [-0.39, 0.29) is 11.9 Å². The molecule has 0 aliphatic carbocycles. The molecule has 0 bridgehead atoms. The SMILES string of the molecule is CNC(Cc1ccc(I)cc1)c1ccc(C)c(F)c1. The molecule has 1 unspecified atom stereocenters. The summed E-state index contributed by atoms with van der Waals surface area (Å²) in [6, 6.07) is 14.0. The molecule has 0 aliphatic heterocycles. The van der Waals surface area contributed by atoms with E-state index in [9.17, 15) is 4.39 Å². The maximum Gasteiger partial charge on any atom is 0.126 e. The first kappa shape index (κ1) is 14.5. The number of benzene rings is 2. The van der Waals surface area contributed by atoms with Crippen molar-refractivity contribution in [3.8, 4) is 0 Å². The van der Waals surface area contributed by atoms with Gasteiger partial charge in [-0.1, -0.05) is 24.3 Å². The topological polar surface area (TPSA) is 12.0 Å². The Labute approximate surface area is 127 Å². The standard InChI is InChI=1S/C16H17FIN/c1-11-3-6-13(10-15(11)17)16(19-2)9-12-4-7-14(18)8-5-12/h3-8,10,16,19H,9H2,1-2H3. The van der Waals surface area contributed by atoms with E-state index in [1.165, 1.54) is 9.13 Å². The predicted molar refractivity (Wildman–Crippen MR) is 85.8 cm³/mol. The molecule has 2 aromatic carbocycles. The molecule has 0 radical (unpaired) electrons. The van der Waals surface area contributed by atoms with E-state index in [0.717, 1.165) is 12.0 Å². The molecule has 0 spiro atoms. The quantitative estimate of drug-likeness (QED) is 0.795. The van der Waals surface area contributed by atoms with Gasteiger partial charge in [0.25, 0.3) is 0 Å². The van der Waals surface area contributed by atoms with Crippen LogP contribution >= 0.6 is 22.6 Å². The summed E-state index contributed by atoms with van der Waals surface area (Å²) < 4.78 is 14.9. The van der Waals surface area contributed by atoms with Crippen molar-refractivity contribution in [2.24, 2.45) is 0 Å². The molecule has 0 aliphatic rings. The first-order valence-electron chi connectivity index (χ1n) is 6.28. The molecule has 0 fully saturated rings. The van der Waals surface area contributed by atoms with Gasteiger partial charge >= 0.3 is 0 Å². The Balaban J connectivity index is 2.19. The van der Waals surface area contributed by atoms with E-state index in [4.69, 9.17) is 0 Å². The van der Waals surface area contributed by atoms with Gasteiger partial charge in [-0.15, -0.1) is 0 Å². The van der Waals surface area contributed by atoms with Crippen molar-refractivity contribution in [1.29, 1.82) is 0 Å². The van der Waals surface area contributed by atoms with Gasteiger partial charge in [-0.05, 0) is 77.9 Å². The van der Waals surface area contributed by atoms with Crippen LogP contribution in [0, 0.1) is 16.3 Å². The number of hydrogen-bond donors (Lipinski definition) is 1. The van der Waals surface area contributed by atoms with E-state index in [1.807, 2.05) is 19.2 Å². The Morgan fingerprint density at radius 2 is 1.84 bits per heavy atom. The largest absolute Gasteiger partial charge is 0.313 e.